The van der Waals surface area contributed by atoms with Crippen LogP contribution < -0.4 is 0 Å². The first kappa shape index (κ1) is 42.0. The summed E-state index contributed by atoms with van der Waals surface area (Å²) in [5.41, 5.74) is -2.67. The molecule has 0 saturated carbocycles. The monoisotopic (exact) mass is 709 g/mol. The number of nitrogens with zero attached hydrogens (tertiary/aromatic N) is 3. The zero-order valence-corrected chi connectivity index (χ0v) is 32.3. The van der Waals surface area contributed by atoms with Crippen LogP contribution in [0.1, 0.15) is 74.7 Å². The second-order valence-corrected chi connectivity index (χ2v) is 15.6. The molecule has 3 saturated heterocycles. The molecule has 0 spiro atoms. The van der Waals surface area contributed by atoms with Gasteiger partial charge in [-0.25, -0.2) is 4.79 Å². The van der Waals surface area contributed by atoms with Crippen LogP contribution in [0, 0.1) is 23.7 Å². The molecule has 13 atom stereocenters. The number of rotatable bonds is 10. The molecule has 1 amide bonds. The minimum Gasteiger partial charge on any atom is -0.458 e. The Balaban J connectivity index is 2.18. The van der Waals surface area contributed by atoms with Crippen LogP contribution in [0.4, 0.5) is 4.79 Å². The SMILES string of the molecule is C=CCO[C@]1(C)C[C@@H](C)C(=O)[C@H](C)[C@H]2N(CCN(C)C)C(=O)O[C@]2(C)[C@@H](CC)OC(=O)[C@H](C)C(=O)[C@H](C)[C@H]1O[C@@H]1O[C@H](C)C[C@H](N(C)C)[C@H]1O. The summed E-state index contributed by atoms with van der Waals surface area (Å²) in [5, 5.41) is 11.4. The Labute approximate surface area is 298 Å². The Kier molecular flexibility index (Phi) is 14.2. The van der Waals surface area contributed by atoms with Crippen LogP contribution in [0.2, 0.25) is 0 Å². The van der Waals surface area contributed by atoms with E-state index < -0.39 is 83.4 Å². The van der Waals surface area contributed by atoms with Crippen LogP contribution in [0.15, 0.2) is 12.7 Å². The number of aliphatic hydroxyl groups excluding tert-OH is 1. The van der Waals surface area contributed by atoms with Crippen molar-refractivity contribution in [2.45, 2.75) is 129 Å². The summed E-state index contributed by atoms with van der Waals surface area (Å²) in [7, 11) is 7.52. The first-order valence-electron chi connectivity index (χ1n) is 18.1. The summed E-state index contributed by atoms with van der Waals surface area (Å²) >= 11 is 0. The lowest BCUT2D eigenvalue weighted by molar-refractivity contribution is -0.296. The number of amides is 1. The minimum absolute atomic E-state index is 0.0790. The largest absolute Gasteiger partial charge is 0.458 e. The topological polar surface area (TPSA) is 144 Å². The molecule has 286 valence electrons. The lowest BCUT2D eigenvalue weighted by atomic mass is 9.73. The molecule has 3 aliphatic rings. The van der Waals surface area contributed by atoms with E-state index in [9.17, 15) is 24.3 Å². The van der Waals surface area contributed by atoms with Crippen molar-refractivity contribution in [3.05, 3.63) is 12.7 Å². The van der Waals surface area contributed by atoms with Gasteiger partial charge in [-0.3, -0.25) is 19.3 Å². The third-order valence-corrected chi connectivity index (χ3v) is 11.0. The summed E-state index contributed by atoms with van der Waals surface area (Å²) in [4.78, 5) is 61.6. The highest BCUT2D eigenvalue weighted by molar-refractivity contribution is 6.00. The van der Waals surface area contributed by atoms with Crippen LogP contribution >= 0.6 is 0 Å². The summed E-state index contributed by atoms with van der Waals surface area (Å²) < 4.78 is 31.3. The van der Waals surface area contributed by atoms with Crippen molar-refractivity contribution in [3.8, 4) is 0 Å². The molecule has 0 aromatic carbocycles. The van der Waals surface area contributed by atoms with Gasteiger partial charge in [0.15, 0.2) is 17.7 Å². The van der Waals surface area contributed by atoms with Crippen molar-refractivity contribution in [1.29, 1.82) is 0 Å². The number of cyclic esters (lactones) is 1. The summed E-state index contributed by atoms with van der Waals surface area (Å²) in [6, 6.07) is -1.05. The number of hydrogen-bond donors (Lipinski definition) is 1. The van der Waals surface area contributed by atoms with Crippen LogP contribution in [0.25, 0.3) is 0 Å². The van der Waals surface area contributed by atoms with E-state index in [4.69, 9.17) is 23.7 Å². The molecule has 3 heterocycles. The number of likely N-dealkylation sites (N-methyl/N-ethyl adjacent to an activating group) is 2. The van der Waals surface area contributed by atoms with E-state index in [0.29, 0.717) is 19.5 Å². The molecule has 0 aromatic rings. The quantitative estimate of drug-likeness (QED) is 0.202. The maximum absolute atomic E-state index is 14.6. The van der Waals surface area contributed by atoms with Crippen LogP contribution in [0.3, 0.4) is 0 Å². The number of carbonyl (C=O) groups is 4. The molecule has 13 heteroatoms. The minimum atomic E-state index is -1.37. The molecular weight excluding hydrogens is 646 g/mol. The molecule has 0 bridgehead atoms. The number of carbonyl (C=O) groups excluding carboxylic acids is 4. The molecule has 0 aliphatic carbocycles. The van der Waals surface area contributed by atoms with Gasteiger partial charge in [-0.05, 0) is 75.1 Å². The Hall–Kier alpha value is -2.42. The normalized spacial score (nSPS) is 40.8. The van der Waals surface area contributed by atoms with E-state index >= 15 is 0 Å². The van der Waals surface area contributed by atoms with Gasteiger partial charge < -0.3 is 38.6 Å². The molecule has 1 N–H and O–H groups in total. The number of ketones is 2. The Morgan fingerprint density at radius 1 is 1.02 bits per heavy atom. The van der Waals surface area contributed by atoms with Crippen molar-refractivity contribution in [2.75, 3.05) is 47.9 Å². The van der Waals surface area contributed by atoms with E-state index in [1.807, 2.05) is 51.8 Å². The maximum atomic E-state index is 14.6. The molecular formula is C37H63N3O10. The summed E-state index contributed by atoms with van der Waals surface area (Å²) in [6.07, 6.45) is -2.49. The van der Waals surface area contributed by atoms with Gasteiger partial charge in [0.2, 0.25) is 0 Å². The van der Waals surface area contributed by atoms with Gasteiger partial charge in [-0.15, -0.1) is 6.58 Å². The highest BCUT2D eigenvalue weighted by Crippen LogP contribution is 2.43. The van der Waals surface area contributed by atoms with Crippen molar-refractivity contribution < 1.29 is 48.0 Å². The number of esters is 1. The van der Waals surface area contributed by atoms with Gasteiger partial charge in [-0.1, -0.05) is 33.8 Å². The lowest BCUT2D eigenvalue weighted by Gasteiger charge is -2.47. The number of Topliss-reactive ketones (excluding diaryl/α,β-unsaturated/α-hetero) is 2. The van der Waals surface area contributed by atoms with Crippen LogP contribution in [-0.2, 0) is 38.1 Å². The molecule has 3 fully saturated rings. The Bertz CT molecular complexity index is 1230. The average molecular weight is 710 g/mol. The van der Waals surface area contributed by atoms with E-state index in [2.05, 4.69) is 6.58 Å². The highest BCUT2D eigenvalue weighted by atomic mass is 16.7. The molecule has 50 heavy (non-hydrogen) atoms. The van der Waals surface area contributed by atoms with Gasteiger partial charge >= 0.3 is 12.1 Å². The fourth-order valence-electron chi connectivity index (χ4n) is 8.21. The second kappa shape index (κ2) is 16.9. The standard InChI is InChI=1S/C37H63N3O10/c1-14-18-46-36(8)20-21(3)28(41)23(5)31-37(9,50-35(45)40(31)17-16-38(10)11)27(15-2)48-33(44)25(7)29(42)24(6)32(36)49-34-30(43)26(39(12)13)19-22(4)47-34/h14,21-27,30-32,34,43H,1,15-20H2,2-13H3/t21-,22-,23+,24+,25-,26+,27-,30-,31-,32-,34+,36-,37-/m1/s1. The maximum Gasteiger partial charge on any atom is 0.410 e. The predicted molar refractivity (Wildman–Crippen MR) is 187 cm³/mol. The fourth-order valence-corrected chi connectivity index (χ4v) is 8.21. The molecule has 0 unspecified atom stereocenters. The van der Waals surface area contributed by atoms with Crippen molar-refractivity contribution >= 4 is 23.6 Å². The molecule has 13 nitrogen and oxygen atoms in total. The van der Waals surface area contributed by atoms with Crippen LogP contribution in [0.5, 0.6) is 0 Å². The molecule has 0 radical (unpaired) electrons. The smallest absolute Gasteiger partial charge is 0.410 e. The van der Waals surface area contributed by atoms with Gasteiger partial charge in [0.1, 0.15) is 23.9 Å². The van der Waals surface area contributed by atoms with Crippen molar-refractivity contribution in [3.63, 3.8) is 0 Å². The molecule has 3 aliphatic heterocycles. The number of fused-ring (bicyclic) bond motifs is 1. The van der Waals surface area contributed by atoms with E-state index in [0.717, 1.165) is 0 Å². The molecule has 3 rings (SSSR count). The highest BCUT2D eigenvalue weighted by Gasteiger charge is 2.60. The first-order chi connectivity index (χ1) is 23.2. The second-order valence-electron chi connectivity index (χ2n) is 15.6. The van der Waals surface area contributed by atoms with Gasteiger partial charge in [0.05, 0.1) is 30.5 Å². The number of aliphatic hydroxyl groups is 1. The zero-order valence-electron chi connectivity index (χ0n) is 32.3. The van der Waals surface area contributed by atoms with Gasteiger partial charge in [0.25, 0.3) is 0 Å². The van der Waals surface area contributed by atoms with Crippen LogP contribution in [-0.4, -0.2) is 145 Å². The van der Waals surface area contributed by atoms with Crippen molar-refractivity contribution in [2.24, 2.45) is 23.7 Å². The third-order valence-electron chi connectivity index (χ3n) is 11.0. The summed E-state index contributed by atoms with van der Waals surface area (Å²) in [6.45, 7) is 18.6. The Morgan fingerprint density at radius 2 is 1.66 bits per heavy atom. The lowest BCUT2D eigenvalue weighted by Crippen LogP contribution is -2.60. The van der Waals surface area contributed by atoms with E-state index in [-0.39, 0.29) is 37.4 Å². The summed E-state index contributed by atoms with van der Waals surface area (Å²) in [5.74, 6) is -4.95. The fraction of sp³-hybridized carbons (Fsp3) is 0.838. The number of ether oxygens (including phenoxy) is 5. The van der Waals surface area contributed by atoms with Gasteiger partial charge in [-0.2, -0.15) is 0 Å². The van der Waals surface area contributed by atoms with Crippen molar-refractivity contribution in [1.82, 2.24) is 14.7 Å². The first-order valence-corrected chi connectivity index (χ1v) is 18.1. The van der Waals surface area contributed by atoms with E-state index in [1.165, 1.54) is 6.92 Å². The number of hydrogen-bond acceptors (Lipinski definition) is 12. The van der Waals surface area contributed by atoms with E-state index in [1.54, 1.807) is 45.6 Å². The average Bonchev–Trinajstić information content (AvgIpc) is 3.31. The molecule has 0 aromatic heterocycles. The Morgan fingerprint density at radius 3 is 2.22 bits per heavy atom. The van der Waals surface area contributed by atoms with Gasteiger partial charge in [0, 0.05) is 36.9 Å². The third kappa shape index (κ3) is 8.78. The predicted octanol–water partition coefficient (Wildman–Crippen LogP) is 3.31. The zero-order chi connectivity index (χ0) is 37.9.